The minimum absolute atomic E-state index is 0.00812. The zero-order valence-corrected chi connectivity index (χ0v) is 10.8. The van der Waals surface area contributed by atoms with Gasteiger partial charge in [-0.3, -0.25) is 4.79 Å². The van der Waals surface area contributed by atoms with Crippen molar-refractivity contribution < 1.29 is 27.1 Å². The van der Waals surface area contributed by atoms with Crippen LogP contribution in [-0.2, 0) is 15.0 Å². The Hall–Kier alpha value is -1.06. The molecule has 9 heteroatoms. The summed E-state index contributed by atoms with van der Waals surface area (Å²) in [4.78, 5) is 10.8. The first-order valence-electron chi connectivity index (χ1n) is 5.75. The summed E-state index contributed by atoms with van der Waals surface area (Å²) in [6.07, 6.45) is 2.33. The van der Waals surface area contributed by atoms with E-state index in [0.717, 1.165) is 4.31 Å². The largest absolute Gasteiger partial charge is 0.481 e. The Bertz CT molecular complexity index is 506. The standard InChI is InChI=1S/C10H14F2N2O4S/c11-10(12)3-5-14(7-10)19(17,18)13-4-1-2-8(6-13)9(15)16/h1-2,8H,3-7H2,(H,15,16). The zero-order chi connectivity index (χ0) is 14.3. The number of carboxylic acid groups (broad SMARTS) is 1. The molecule has 0 saturated carbocycles. The third-order valence-corrected chi connectivity index (χ3v) is 5.10. The lowest BCUT2D eigenvalue weighted by atomic mass is 10.1. The Labute approximate surface area is 109 Å². The van der Waals surface area contributed by atoms with Gasteiger partial charge in [0.1, 0.15) is 0 Å². The summed E-state index contributed by atoms with van der Waals surface area (Å²) in [6.45, 7) is -1.30. The second-order valence-electron chi connectivity index (χ2n) is 4.64. The molecule has 1 saturated heterocycles. The van der Waals surface area contributed by atoms with E-state index in [1.54, 1.807) is 0 Å². The SMILES string of the molecule is O=C(O)C1C=CCN(S(=O)(=O)N2CCC(F)(F)C2)C1. The number of carboxylic acids is 1. The fraction of sp³-hybridized carbons (Fsp3) is 0.700. The molecule has 0 radical (unpaired) electrons. The van der Waals surface area contributed by atoms with Gasteiger partial charge >= 0.3 is 5.97 Å². The highest BCUT2D eigenvalue weighted by atomic mass is 32.2. The third kappa shape index (κ3) is 2.93. The van der Waals surface area contributed by atoms with Crippen LogP contribution in [0.5, 0.6) is 0 Å². The molecule has 2 rings (SSSR count). The lowest BCUT2D eigenvalue weighted by Gasteiger charge is -2.29. The maximum atomic E-state index is 13.1. The number of carbonyl (C=O) groups is 1. The van der Waals surface area contributed by atoms with Crippen LogP contribution in [0, 0.1) is 5.92 Å². The second kappa shape index (κ2) is 4.80. The molecule has 6 nitrogen and oxygen atoms in total. The number of hydrogen-bond donors (Lipinski definition) is 1. The minimum Gasteiger partial charge on any atom is -0.481 e. The maximum absolute atomic E-state index is 13.1. The van der Waals surface area contributed by atoms with Gasteiger partial charge in [0, 0.05) is 26.1 Å². The topological polar surface area (TPSA) is 77.9 Å². The van der Waals surface area contributed by atoms with Crippen molar-refractivity contribution in [1.29, 1.82) is 0 Å². The first-order valence-corrected chi connectivity index (χ1v) is 7.14. The van der Waals surface area contributed by atoms with Gasteiger partial charge in [-0.05, 0) is 0 Å². The lowest BCUT2D eigenvalue weighted by molar-refractivity contribution is -0.140. The van der Waals surface area contributed by atoms with Gasteiger partial charge in [-0.15, -0.1) is 0 Å². The molecule has 2 aliphatic rings. The van der Waals surface area contributed by atoms with Crippen LogP contribution in [-0.4, -0.2) is 60.2 Å². The monoisotopic (exact) mass is 296 g/mol. The van der Waals surface area contributed by atoms with E-state index in [0.29, 0.717) is 4.31 Å². The van der Waals surface area contributed by atoms with Crippen molar-refractivity contribution in [2.24, 2.45) is 5.92 Å². The molecule has 2 aliphatic heterocycles. The van der Waals surface area contributed by atoms with E-state index in [1.807, 2.05) is 0 Å². The van der Waals surface area contributed by atoms with Gasteiger partial charge in [0.05, 0.1) is 12.5 Å². The summed E-state index contributed by atoms with van der Waals surface area (Å²) in [6, 6.07) is 0. The van der Waals surface area contributed by atoms with Crippen LogP contribution in [0.3, 0.4) is 0 Å². The molecule has 2 heterocycles. The second-order valence-corrected chi connectivity index (χ2v) is 6.57. The van der Waals surface area contributed by atoms with Crippen molar-refractivity contribution in [3.63, 3.8) is 0 Å². The summed E-state index contributed by atoms with van der Waals surface area (Å²) < 4.78 is 52.0. The van der Waals surface area contributed by atoms with Crippen LogP contribution in [0.1, 0.15) is 6.42 Å². The Morgan fingerprint density at radius 1 is 1.37 bits per heavy atom. The van der Waals surface area contributed by atoms with Crippen LogP contribution in [0.2, 0.25) is 0 Å². The summed E-state index contributed by atoms with van der Waals surface area (Å²) in [5.41, 5.74) is 0. The quantitative estimate of drug-likeness (QED) is 0.752. The van der Waals surface area contributed by atoms with Crippen molar-refractivity contribution in [1.82, 2.24) is 8.61 Å². The van der Waals surface area contributed by atoms with Gasteiger partial charge < -0.3 is 5.11 Å². The van der Waals surface area contributed by atoms with E-state index < -0.39 is 41.0 Å². The molecule has 1 N–H and O–H groups in total. The normalized spacial score (nSPS) is 28.6. The summed E-state index contributed by atoms with van der Waals surface area (Å²) >= 11 is 0. The van der Waals surface area contributed by atoms with Gasteiger partial charge in [0.2, 0.25) is 0 Å². The van der Waals surface area contributed by atoms with Gasteiger partial charge in [-0.1, -0.05) is 12.2 Å². The van der Waals surface area contributed by atoms with Crippen molar-refractivity contribution in [3.05, 3.63) is 12.2 Å². The van der Waals surface area contributed by atoms with Gasteiger partial charge in [0.15, 0.2) is 0 Å². The van der Waals surface area contributed by atoms with E-state index in [-0.39, 0.29) is 19.6 Å². The lowest BCUT2D eigenvalue weighted by Crippen LogP contribution is -2.47. The molecule has 0 amide bonds. The van der Waals surface area contributed by atoms with Crippen LogP contribution in [0.15, 0.2) is 12.2 Å². The number of aliphatic carboxylic acids is 1. The average molecular weight is 296 g/mol. The van der Waals surface area contributed by atoms with Gasteiger partial charge in [0.25, 0.3) is 16.1 Å². The molecule has 1 fully saturated rings. The predicted octanol–water partition coefficient (Wildman–Crippen LogP) is 0.145. The highest BCUT2D eigenvalue weighted by Crippen LogP contribution is 2.30. The molecule has 19 heavy (non-hydrogen) atoms. The van der Waals surface area contributed by atoms with Crippen molar-refractivity contribution in [2.45, 2.75) is 12.3 Å². The van der Waals surface area contributed by atoms with E-state index in [9.17, 15) is 22.0 Å². The molecule has 1 atom stereocenters. The Morgan fingerprint density at radius 3 is 2.58 bits per heavy atom. The highest BCUT2D eigenvalue weighted by molar-refractivity contribution is 7.86. The van der Waals surface area contributed by atoms with E-state index in [2.05, 4.69) is 0 Å². The Morgan fingerprint density at radius 2 is 2.05 bits per heavy atom. The number of rotatable bonds is 3. The van der Waals surface area contributed by atoms with Crippen molar-refractivity contribution in [3.8, 4) is 0 Å². The molecular weight excluding hydrogens is 282 g/mol. The van der Waals surface area contributed by atoms with E-state index in [1.165, 1.54) is 12.2 Å². The molecular formula is C10H14F2N2O4S. The van der Waals surface area contributed by atoms with Crippen LogP contribution >= 0.6 is 0 Å². The molecule has 0 aromatic rings. The number of nitrogens with zero attached hydrogens (tertiary/aromatic N) is 2. The molecule has 1 unspecified atom stereocenters. The molecule has 0 aromatic carbocycles. The molecule has 0 aliphatic carbocycles. The number of hydrogen-bond acceptors (Lipinski definition) is 3. The summed E-state index contributed by atoms with van der Waals surface area (Å²) in [7, 11) is -4.03. The highest BCUT2D eigenvalue weighted by Gasteiger charge is 2.45. The first kappa shape index (κ1) is 14.4. The molecule has 0 bridgehead atoms. The third-order valence-electron chi connectivity index (χ3n) is 3.18. The van der Waals surface area contributed by atoms with E-state index >= 15 is 0 Å². The van der Waals surface area contributed by atoms with Gasteiger partial charge in [-0.2, -0.15) is 17.0 Å². The molecule has 0 spiro atoms. The molecule has 0 aromatic heterocycles. The van der Waals surface area contributed by atoms with Crippen molar-refractivity contribution in [2.75, 3.05) is 26.2 Å². The van der Waals surface area contributed by atoms with Crippen LogP contribution < -0.4 is 0 Å². The predicted molar refractivity (Wildman–Crippen MR) is 61.9 cm³/mol. The fourth-order valence-corrected chi connectivity index (χ4v) is 3.73. The summed E-state index contributed by atoms with van der Waals surface area (Å²) in [5.74, 6) is -5.08. The Balaban J connectivity index is 2.13. The number of alkyl halides is 2. The minimum atomic E-state index is -4.03. The van der Waals surface area contributed by atoms with Gasteiger partial charge in [-0.25, -0.2) is 8.78 Å². The smallest absolute Gasteiger partial charge is 0.311 e. The summed E-state index contributed by atoms with van der Waals surface area (Å²) in [5, 5.41) is 8.86. The molecule has 108 valence electrons. The zero-order valence-electron chi connectivity index (χ0n) is 10.00. The van der Waals surface area contributed by atoms with Crippen LogP contribution in [0.25, 0.3) is 0 Å². The van der Waals surface area contributed by atoms with Crippen molar-refractivity contribution >= 4 is 16.2 Å². The maximum Gasteiger partial charge on any atom is 0.311 e. The first-order chi connectivity index (χ1) is 8.72. The van der Waals surface area contributed by atoms with E-state index in [4.69, 9.17) is 5.11 Å². The fourth-order valence-electron chi connectivity index (χ4n) is 2.11. The Kier molecular flexibility index (Phi) is 3.63. The average Bonchev–Trinajstić information content (AvgIpc) is 2.70. The van der Waals surface area contributed by atoms with Crippen LogP contribution in [0.4, 0.5) is 8.78 Å². The number of halogens is 2.